The maximum Gasteiger partial charge on any atom is 0.260 e. The fourth-order valence-corrected chi connectivity index (χ4v) is 4.10. The first-order chi connectivity index (χ1) is 12.7. The highest BCUT2D eigenvalue weighted by molar-refractivity contribution is 6.19. The van der Waals surface area contributed by atoms with Gasteiger partial charge < -0.3 is 14.6 Å². The van der Waals surface area contributed by atoms with Gasteiger partial charge in [0.15, 0.2) is 0 Å². The summed E-state index contributed by atoms with van der Waals surface area (Å²) < 4.78 is 5.75. The van der Waals surface area contributed by atoms with Crippen LogP contribution in [-0.2, 0) is 12.8 Å². The average Bonchev–Trinajstić information content (AvgIpc) is 3.25. The minimum Gasteiger partial charge on any atom is -0.442 e. The second-order valence-electron chi connectivity index (χ2n) is 6.96. The summed E-state index contributed by atoms with van der Waals surface area (Å²) in [6, 6.07) is 6.17. The van der Waals surface area contributed by atoms with Crippen LogP contribution in [0.2, 0.25) is 0 Å². The summed E-state index contributed by atoms with van der Waals surface area (Å²) >= 11 is 0. The summed E-state index contributed by atoms with van der Waals surface area (Å²) in [6.07, 6.45) is 6.21. The van der Waals surface area contributed by atoms with Gasteiger partial charge in [-0.15, -0.1) is 0 Å². The molecule has 1 N–H and O–H groups in total. The van der Waals surface area contributed by atoms with E-state index in [4.69, 9.17) is 4.42 Å². The highest BCUT2D eigenvalue weighted by Crippen LogP contribution is 2.35. The number of nitrogens with zero attached hydrogens (tertiary/aromatic N) is 3. The first-order valence-electron chi connectivity index (χ1n) is 9.13. The molecule has 5 rings (SSSR count). The number of nitrogens with one attached hydrogen (secondary N) is 1. The second-order valence-corrected chi connectivity index (χ2v) is 6.96. The number of aliphatic imine (C=N–C) groups is 2. The van der Waals surface area contributed by atoms with E-state index < -0.39 is 0 Å². The number of benzene rings is 1. The van der Waals surface area contributed by atoms with Crippen LogP contribution in [0, 0.1) is 6.92 Å². The molecule has 0 unspecified atom stereocenters. The average molecular weight is 348 g/mol. The van der Waals surface area contributed by atoms with Gasteiger partial charge in [0, 0.05) is 12.2 Å². The van der Waals surface area contributed by atoms with Crippen molar-refractivity contribution in [3.8, 4) is 0 Å². The number of furan rings is 1. The Hall–Kier alpha value is -2.89. The number of carbonyl (C=O) groups excluding carboxylic acids is 1. The Morgan fingerprint density at radius 2 is 2.15 bits per heavy atom. The van der Waals surface area contributed by atoms with Crippen LogP contribution in [0.5, 0.6) is 0 Å². The maximum atomic E-state index is 13.1. The van der Waals surface area contributed by atoms with Gasteiger partial charge in [-0.1, -0.05) is 12.1 Å². The zero-order valence-electron chi connectivity index (χ0n) is 14.7. The van der Waals surface area contributed by atoms with Crippen LogP contribution in [0.15, 0.2) is 32.6 Å². The molecule has 1 amide bonds. The lowest BCUT2D eigenvalue weighted by atomic mass is 9.90. The number of fused-ring (bicyclic) bond motifs is 4. The fourth-order valence-electron chi connectivity index (χ4n) is 4.10. The smallest absolute Gasteiger partial charge is 0.260 e. The lowest BCUT2D eigenvalue weighted by molar-refractivity contribution is 0.102. The molecule has 26 heavy (non-hydrogen) atoms. The molecule has 0 saturated heterocycles. The van der Waals surface area contributed by atoms with Gasteiger partial charge in [-0.2, -0.15) is 0 Å². The molecule has 3 aliphatic rings. The van der Waals surface area contributed by atoms with Crippen LogP contribution in [0.4, 0.5) is 11.6 Å². The van der Waals surface area contributed by atoms with Crippen molar-refractivity contribution in [1.82, 2.24) is 4.90 Å². The van der Waals surface area contributed by atoms with Crippen LogP contribution >= 0.6 is 0 Å². The molecule has 3 heterocycles. The Morgan fingerprint density at radius 1 is 1.27 bits per heavy atom. The molecule has 2 aromatic rings. The van der Waals surface area contributed by atoms with E-state index in [1.807, 2.05) is 24.0 Å². The number of hydrogen-bond acceptors (Lipinski definition) is 5. The molecule has 0 saturated carbocycles. The maximum absolute atomic E-state index is 13.1. The zero-order chi connectivity index (χ0) is 17.7. The number of carbonyl (C=O) groups is 1. The topological polar surface area (TPSA) is 70.2 Å². The Morgan fingerprint density at radius 3 is 3.08 bits per heavy atom. The summed E-state index contributed by atoms with van der Waals surface area (Å²) in [5.74, 6) is 1.68. The van der Waals surface area contributed by atoms with E-state index >= 15 is 0 Å². The summed E-state index contributed by atoms with van der Waals surface area (Å²) in [5.41, 5.74) is 4.77. The summed E-state index contributed by atoms with van der Waals surface area (Å²) in [4.78, 5) is 24.0. The van der Waals surface area contributed by atoms with Crippen molar-refractivity contribution in [3.63, 3.8) is 0 Å². The molecule has 6 heteroatoms. The van der Waals surface area contributed by atoms with Gasteiger partial charge in [-0.05, 0) is 49.8 Å². The van der Waals surface area contributed by atoms with Crippen molar-refractivity contribution >= 4 is 29.7 Å². The van der Waals surface area contributed by atoms with E-state index in [0.717, 1.165) is 30.9 Å². The number of hydrogen-bond donors (Lipinski definition) is 1. The quantitative estimate of drug-likeness (QED) is 0.903. The molecule has 0 atom stereocenters. The van der Waals surface area contributed by atoms with E-state index in [-0.39, 0.29) is 5.91 Å². The van der Waals surface area contributed by atoms with Crippen molar-refractivity contribution in [1.29, 1.82) is 0 Å². The number of amides is 1. The van der Waals surface area contributed by atoms with Crippen LogP contribution in [0.3, 0.4) is 0 Å². The van der Waals surface area contributed by atoms with E-state index in [1.54, 1.807) is 6.34 Å². The molecule has 6 nitrogen and oxygen atoms in total. The highest BCUT2D eigenvalue weighted by atomic mass is 16.4. The summed E-state index contributed by atoms with van der Waals surface area (Å²) in [5, 5.41) is 3.12. The fraction of sp³-hybridized carbons (Fsp3) is 0.350. The van der Waals surface area contributed by atoms with Gasteiger partial charge in [0.2, 0.25) is 5.88 Å². The molecule has 0 radical (unpaired) electrons. The van der Waals surface area contributed by atoms with Crippen LogP contribution in [-0.4, -0.2) is 36.1 Å². The van der Waals surface area contributed by atoms with E-state index in [9.17, 15) is 4.79 Å². The van der Waals surface area contributed by atoms with Crippen molar-refractivity contribution in [2.24, 2.45) is 9.98 Å². The van der Waals surface area contributed by atoms with Crippen molar-refractivity contribution in [2.75, 3.05) is 18.4 Å². The van der Waals surface area contributed by atoms with Crippen LogP contribution in [0.1, 0.15) is 45.7 Å². The minimum absolute atomic E-state index is 0.155. The molecular weight excluding hydrogens is 328 g/mol. The summed E-state index contributed by atoms with van der Waals surface area (Å²) in [7, 11) is 0. The van der Waals surface area contributed by atoms with Gasteiger partial charge in [0.1, 0.15) is 17.9 Å². The molecule has 1 aliphatic carbocycles. The van der Waals surface area contributed by atoms with Crippen LogP contribution < -0.4 is 5.32 Å². The molecule has 0 fully saturated rings. The van der Waals surface area contributed by atoms with Gasteiger partial charge in [-0.25, -0.2) is 4.99 Å². The van der Waals surface area contributed by atoms with Gasteiger partial charge in [0.25, 0.3) is 5.91 Å². The number of rotatable bonds is 2. The molecule has 1 aromatic carbocycles. The van der Waals surface area contributed by atoms with Gasteiger partial charge >= 0.3 is 0 Å². The lowest BCUT2D eigenvalue weighted by Crippen LogP contribution is -2.30. The Labute approximate surface area is 151 Å². The van der Waals surface area contributed by atoms with Gasteiger partial charge in [-0.3, -0.25) is 9.79 Å². The Balaban J connectivity index is 1.53. The van der Waals surface area contributed by atoms with Crippen molar-refractivity contribution in [2.45, 2.75) is 32.6 Å². The predicted molar refractivity (Wildman–Crippen MR) is 101 cm³/mol. The summed E-state index contributed by atoms with van der Waals surface area (Å²) in [6.45, 7) is 3.30. The molecule has 132 valence electrons. The number of amidine groups is 1. The van der Waals surface area contributed by atoms with Gasteiger partial charge in [0.05, 0.1) is 17.7 Å². The SMILES string of the molecule is Cc1oc2c(c1C(=O)Nc1cccc3c1CCCC3)C1=NCCN1C=N2. The normalized spacial score (nSPS) is 17.4. The highest BCUT2D eigenvalue weighted by Gasteiger charge is 2.33. The third-order valence-corrected chi connectivity index (χ3v) is 5.35. The third kappa shape index (κ3) is 2.29. The van der Waals surface area contributed by atoms with E-state index in [0.29, 0.717) is 29.3 Å². The first-order valence-corrected chi connectivity index (χ1v) is 9.13. The molecule has 0 spiro atoms. The van der Waals surface area contributed by atoms with Crippen LogP contribution in [0.25, 0.3) is 0 Å². The molecule has 1 aromatic heterocycles. The van der Waals surface area contributed by atoms with E-state index in [2.05, 4.69) is 21.4 Å². The molecule has 0 bridgehead atoms. The number of anilines is 1. The Bertz CT molecular complexity index is 970. The minimum atomic E-state index is -0.155. The van der Waals surface area contributed by atoms with E-state index in [1.165, 1.54) is 24.0 Å². The predicted octanol–water partition coefficient (Wildman–Crippen LogP) is 3.45. The lowest BCUT2D eigenvalue weighted by Gasteiger charge is -2.20. The van der Waals surface area contributed by atoms with Crippen molar-refractivity contribution < 1.29 is 9.21 Å². The monoisotopic (exact) mass is 348 g/mol. The molecular formula is C20H20N4O2. The first kappa shape index (κ1) is 15.4. The Kier molecular flexibility index (Phi) is 3.45. The standard InChI is InChI=1S/C20H20N4O2/c1-12-16(17-18-21-9-10-24(18)11-22-20(17)26-12)19(25)23-15-8-4-6-13-5-2-3-7-14(13)15/h4,6,8,11H,2-3,5,7,9-10H2,1H3,(H,23,25). The zero-order valence-corrected chi connectivity index (χ0v) is 14.7. The second kappa shape index (κ2) is 5.83. The number of aryl methyl sites for hydroxylation is 2. The third-order valence-electron chi connectivity index (χ3n) is 5.35. The largest absolute Gasteiger partial charge is 0.442 e. The molecule has 2 aliphatic heterocycles. The van der Waals surface area contributed by atoms with Crippen molar-refractivity contribution in [3.05, 3.63) is 46.2 Å².